The molecule has 0 aliphatic carbocycles. The number of pyridine rings is 1. The van der Waals surface area contributed by atoms with Crippen LogP contribution in [0.15, 0.2) is 71.5 Å². The van der Waals surface area contributed by atoms with E-state index in [4.69, 9.17) is 16.6 Å². The van der Waals surface area contributed by atoms with Crippen molar-refractivity contribution in [1.29, 1.82) is 0 Å². The Morgan fingerprint density at radius 2 is 1.80 bits per heavy atom. The van der Waals surface area contributed by atoms with E-state index >= 15 is 0 Å². The summed E-state index contributed by atoms with van der Waals surface area (Å²) in [6, 6.07) is 19.6. The molecule has 0 radical (unpaired) electrons. The first-order valence-corrected chi connectivity index (χ1v) is 16.3. The Balaban J connectivity index is 1.24. The molecule has 6 rings (SSSR count). The molecule has 0 spiro atoms. The summed E-state index contributed by atoms with van der Waals surface area (Å²) in [7, 11) is -0.410. The van der Waals surface area contributed by atoms with Gasteiger partial charge >= 0.3 is 0 Å². The summed E-state index contributed by atoms with van der Waals surface area (Å²) < 4.78 is 15.3. The van der Waals surface area contributed by atoms with Crippen LogP contribution in [-0.4, -0.2) is 51.4 Å². The van der Waals surface area contributed by atoms with Gasteiger partial charge in [0.2, 0.25) is 5.95 Å². The third-order valence-corrected chi connectivity index (χ3v) is 11.6. The summed E-state index contributed by atoms with van der Waals surface area (Å²) in [5, 5.41) is 6.47. The Bertz CT molecular complexity index is 1880. The molecule has 1 saturated heterocycles. The van der Waals surface area contributed by atoms with E-state index in [9.17, 15) is 9.36 Å². The summed E-state index contributed by atoms with van der Waals surface area (Å²) >= 11 is 6.44. The van der Waals surface area contributed by atoms with E-state index in [-0.39, 0.29) is 5.56 Å². The van der Waals surface area contributed by atoms with Gasteiger partial charge in [-0.1, -0.05) is 66.2 Å². The van der Waals surface area contributed by atoms with E-state index in [1.54, 1.807) is 0 Å². The van der Waals surface area contributed by atoms with Crippen molar-refractivity contribution in [2.75, 3.05) is 37.3 Å². The number of nitrogens with zero attached hydrogens (tertiary/aromatic N) is 3. The summed E-state index contributed by atoms with van der Waals surface area (Å²) in [5.41, 5.74) is 4.95. The van der Waals surface area contributed by atoms with E-state index < -0.39 is 7.14 Å². The molecule has 1 aliphatic rings. The molecular formula is C32H33ClN5O2P. The molecule has 2 N–H and O–H groups in total. The molecule has 3 heterocycles. The third kappa shape index (κ3) is 5.14. The molecule has 0 unspecified atom stereocenters. The fourth-order valence-corrected chi connectivity index (χ4v) is 8.68. The number of hydrogen-bond acceptors (Lipinski definition) is 5. The number of aryl methyl sites for hydroxylation is 3. The fraction of sp³-hybridized carbons (Fsp3) is 0.250. The molecule has 210 valence electrons. The van der Waals surface area contributed by atoms with Gasteiger partial charge in [0.1, 0.15) is 7.14 Å². The molecule has 0 saturated carbocycles. The Hall–Kier alpha value is -3.64. The van der Waals surface area contributed by atoms with Crippen LogP contribution in [0.3, 0.4) is 0 Å². The zero-order valence-electron chi connectivity index (χ0n) is 23.4. The minimum Gasteiger partial charge on any atom is -0.324 e. The highest BCUT2D eigenvalue weighted by Crippen LogP contribution is 2.46. The molecule has 7 nitrogen and oxygen atoms in total. The number of rotatable bonds is 6. The van der Waals surface area contributed by atoms with Crippen molar-refractivity contribution in [2.45, 2.75) is 13.8 Å². The average molecular weight is 586 g/mol. The maximum Gasteiger partial charge on any atom is 0.258 e. The van der Waals surface area contributed by atoms with Gasteiger partial charge in [-0.05, 0) is 48.6 Å². The van der Waals surface area contributed by atoms with E-state index in [0.717, 1.165) is 63.9 Å². The second-order valence-corrected chi connectivity index (χ2v) is 14.4. The standard InChI is InChI=1S/C32H33ClN5O2P/c1-21-9-7-12-25(33)29(21)36-32-35-27-15-14-24-22(2)26(34-31(39)28(24)30(27)37(32)3)13-8-16-38-17-19-41(40,20-18-38)23-10-5-4-6-11-23/h4-15H,16-20H2,1-3H3,(H,34,39)(H,35,36)/b13-8+. The van der Waals surface area contributed by atoms with E-state index in [1.807, 2.05) is 92.2 Å². The first kappa shape index (κ1) is 27.5. The lowest BCUT2D eigenvalue weighted by molar-refractivity contribution is 0.328. The van der Waals surface area contributed by atoms with Gasteiger partial charge in [-0.25, -0.2) is 4.98 Å². The van der Waals surface area contributed by atoms with Crippen LogP contribution in [0.25, 0.3) is 27.9 Å². The first-order chi connectivity index (χ1) is 19.7. The highest BCUT2D eigenvalue weighted by atomic mass is 35.5. The zero-order chi connectivity index (χ0) is 28.7. The van der Waals surface area contributed by atoms with Crippen molar-refractivity contribution < 1.29 is 4.57 Å². The highest BCUT2D eigenvalue weighted by molar-refractivity contribution is 7.71. The molecule has 0 amide bonds. The maximum atomic E-state index is 13.5. The van der Waals surface area contributed by atoms with E-state index in [0.29, 0.717) is 28.7 Å². The van der Waals surface area contributed by atoms with Crippen LogP contribution in [0.5, 0.6) is 0 Å². The van der Waals surface area contributed by atoms with Crippen LogP contribution in [0, 0.1) is 13.8 Å². The van der Waals surface area contributed by atoms with Crippen molar-refractivity contribution in [3.05, 3.63) is 98.9 Å². The summed E-state index contributed by atoms with van der Waals surface area (Å²) in [4.78, 5) is 23.6. The van der Waals surface area contributed by atoms with Crippen LogP contribution in [0.1, 0.15) is 16.8 Å². The molecule has 41 heavy (non-hydrogen) atoms. The van der Waals surface area contributed by atoms with Crippen molar-refractivity contribution in [2.24, 2.45) is 7.05 Å². The number of H-pyrrole nitrogens is 1. The Kier molecular flexibility index (Phi) is 7.37. The Morgan fingerprint density at radius 3 is 2.54 bits per heavy atom. The Morgan fingerprint density at radius 1 is 1.05 bits per heavy atom. The number of fused-ring (bicyclic) bond motifs is 3. The quantitative estimate of drug-likeness (QED) is 0.224. The van der Waals surface area contributed by atoms with Gasteiger partial charge in [-0.3, -0.25) is 9.69 Å². The SMILES string of the molecule is Cc1cccc(Cl)c1Nc1nc2ccc3c(C)c(/C=C/CN4CCP(=O)(c5ccccc5)CC4)[nH]c(=O)c3c2n1C. The van der Waals surface area contributed by atoms with Crippen molar-refractivity contribution in [3.8, 4) is 0 Å². The van der Waals surface area contributed by atoms with Crippen molar-refractivity contribution in [3.63, 3.8) is 0 Å². The molecule has 2 aromatic heterocycles. The van der Waals surface area contributed by atoms with Gasteiger partial charge in [0.15, 0.2) is 0 Å². The van der Waals surface area contributed by atoms with Gasteiger partial charge in [-0.2, -0.15) is 0 Å². The number of anilines is 2. The highest BCUT2D eigenvalue weighted by Gasteiger charge is 2.29. The van der Waals surface area contributed by atoms with Gasteiger partial charge in [0, 0.05) is 50.0 Å². The molecule has 0 atom stereocenters. The summed E-state index contributed by atoms with van der Waals surface area (Å²) in [6.07, 6.45) is 5.47. The van der Waals surface area contributed by atoms with Crippen LogP contribution < -0.4 is 16.2 Å². The number of benzene rings is 3. The van der Waals surface area contributed by atoms with Crippen LogP contribution in [0.2, 0.25) is 5.02 Å². The number of imidazole rings is 1. The lowest BCUT2D eigenvalue weighted by Crippen LogP contribution is -2.37. The topological polar surface area (TPSA) is 83.0 Å². The van der Waals surface area contributed by atoms with Gasteiger partial charge in [0.05, 0.1) is 27.1 Å². The lowest BCUT2D eigenvalue weighted by Gasteiger charge is -2.31. The van der Waals surface area contributed by atoms with E-state index in [1.165, 1.54) is 0 Å². The normalized spacial score (nSPS) is 15.7. The number of nitrogens with one attached hydrogen (secondary N) is 2. The number of hydrogen-bond donors (Lipinski definition) is 2. The van der Waals surface area contributed by atoms with Gasteiger partial charge in [0.25, 0.3) is 5.56 Å². The Labute approximate surface area is 244 Å². The first-order valence-electron chi connectivity index (χ1n) is 13.8. The van der Waals surface area contributed by atoms with Crippen molar-refractivity contribution in [1.82, 2.24) is 19.4 Å². The number of para-hydroxylation sites is 1. The minimum atomic E-state index is -2.31. The lowest BCUT2D eigenvalue weighted by atomic mass is 10.0. The van der Waals surface area contributed by atoms with Gasteiger partial charge < -0.3 is 19.4 Å². The third-order valence-electron chi connectivity index (χ3n) is 8.21. The number of halogens is 1. The van der Waals surface area contributed by atoms with Crippen LogP contribution in [0.4, 0.5) is 11.6 Å². The molecule has 5 aromatic rings. The largest absolute Gasteiger partial charge is 0.324 e. The van der Waals surface area contributed by atoms with Crippen LogP contribution in [-0.2, 0) is 11.6 Å². The minimum absolute atomic E-state index is 0.152. The summed E-state index contributed by atoms with van der Waals surface area (Å²) in [5.74, 6) is 0.614. The monoisotopic (exact) mass is 585 g/mol. The molecular weight excluding hydrogens is 553 g/mol. The molecule has 1 fully saturated rings. The smallest absolute Gasteiger partial charge is 0.258 e. The fourth-order valence-electron chi connectivity index (χ4n) is 5.74. The maximum absolute atomic E-state index is 13.5. The second kappa shape index (κ2) is 11.0. The van der Waals surface area contributed by atoms with Crippen LogP contribution >= 0.6 is 18.7 Å². The predicted molar refractivity (Wildman–Crippen MR) is 172 cm³/mol. The van der Waals surface area contributed by atoms with E-state index in [2.05, 4.69) is 21.3 Å². The average Bonchev–Trinajstić information content (AvgIpc) is 3.29. The molecule has 1 aliphatic heterocycles. The number of aromatic amines is 1. The van der Waals surface area contributed by atoms with Crippen molar-refractivity contribution >= 4 is 63.6 Å². The molecule has 3 aromatic carbocycles. The zero-order valence-corrected chi connectivity index (χ0v) is 25.1. The molecule has 0 bridgehead atoms. The molecule has 9 heteroatoms. The predicted octanol–water partition coefficient (Wildman–Crippen LogP) is 6.45. The van der Waals surface area contributed by atoms with Gasteiger partial charge in [-0.15, -0.1) is 0 Å². The second-order valence-electron chi connectivity index (χ2n) is 10.8. The summed E-state index contributed by atoms with van der Waals surface area (Å²) in [6.45, 7) is 6.36. The number of aromatic nitrogens is 3.